The van der Waals surface area contributed by atoms with Crippen LogP contribution in [0.25, 0.3) is 0 Å². The number of nitrogens with two attached hydrogens (primary N) is 1. The van der Waals surface area contributed by atoms with E-state index in [0.29, 0.717) is 31.7 Å². The Kier molecular flexibility index (Phi) is 9.78. The molecule has 0 aliphatic rings. The van der Waals surface area contributed by atoms with Crippen LogP contribution in [0.15, 0.2) is 24.3 Å². The van der Waals surface area contributed by atoms with Gasteiger partial charge in [-0.3, -0.25) is 4.79 Å². The SMILES string of the molecule is CCC(CC)(CN)NC(=O)CCCOc1cccc(F)c1.Cl. The molecule has 0 aromatic heterocycles. The lowest BCUT2D eigenvalue weighted by Crippen LogP contribution is -2.52. The lowest BCUT2D eigenvalue weighted by molar-refractivity contribution is -0.123. The molecule has 0 radical (unpaired) electrons. The number of carbonyl (C=O) groups excluding carboxylic acids is 1. The fourth-order valence-corrected chi connectivity index (χ4v) is 2.10. The van der Waals surface area contributed by atoms with E-state index >= 15 is 0 Å². The summed E-state index contributed by atoms with van der Waals surface area (Å²) in [6, 6.07) is 5.97. The zero-order chi connectivity index (χ0) is 15.7. The fourth-order valence-electron chi connectivity index (χ4n) is 2.10. The number of ether oxygens (including phenoxy) is 1. The lowest BCUT2D eigenvalue weighted by atomic mass is 9.92. The van der Waals surface area contributed by atoms with E-state index in [9.17, 15) is 9.18 Å². The van der Waals surface area contributed by atoms with Crippen LogP contribution < -0.4 is 15.8 Å². The minimum absolute atomic E-state index is 0. The van der Waals surface area contributed by atoms with Crippen LogP contribution in [-0.2, 0) is 4.79 Å². The third-order valence-corrected chi connectivity index (χ3v) is 3.76. The monoisotopic (exact) mass is 332 g/mol. The Morgan fingerprint density at radius 2 is 2.05 bits per heavy atom. The predicted octanol–water partition coefficient (Wildman–Crippen LogP) is 3.04. The second kappa shape index (κ2) is 10.4. The Bertz CT molecular complexity index is 445. The van der Waals surface area contributed by atoms with E-state index in [-0.39, 0.29) is 29.7 Å². The van der Waals surface area contributed by atoms with Crippen LogP contribution in [0.5, 0.6) is 5.75 Å². The van der Waals surface area contributed by atoms with Gasteiger partial charge in [-0.25, -0.2) is 4.39 Å². The summed E-state index contributed by atoms with van der Waals surface area (Å²) in [7, 11) is 0. The van der Waals surface area contributed by atoms with Crippen molar-refractivity contribution < 1.29 is 13.9 Å². The Balaban J connectivity index is 0.00000441. The number of amides is 1. The van der Waals surface area contributed by atoms with Crippen molar-refractivity contribution in [2.75, 3.05) is 13.2 Å². The lowest BCUT2D eigenvalue weighted by Gasteiger charge is -2.31. The number of halogens is 2. The van der Waals surface area contributed by atoms with Gasteiger partial charge in [-0.2, -0.15) is 0 Å². The Labute approximate surface area is 138 Å². The molecule has 0 aliphatic carbocycles. The second-order valence-electron chi connectivity index (χ2n) is 5.15. The van der Waals surface area contributed by atoms with Gasteiger partial charge in [0, 0.05) is 19.0 Å². The molecule has 0 spiro atoms. The summed E-state index contributed by atoms with van der Waals surface area (Å²) in [5.74, 6) is 0.129. The van der Waals surface area contributed by atoms with Gasteiger partial charge in [0.1, 0.15) is 11.6 Å². The molecule has 1 aromatic rings. The van der Waals surface area contributed by atoms with Gasteiger partial charge in [0.05, 0.1) is 12.1 Å². The smallest absolute Gasteiger partial charge is 0.220 e. The summed E-state index contributed by atoms with van der Waals surface area (Å²) in [5, 5.41) is 3.01. The first-order valence-electron chi connectivity index (χ1n) is 7.44. The van der Waals surface area contributed by atoms with Crippen LogP contribution in [0.4, 0.5) is 4.39 Å². The highest BCUT2D eigenvalue weighted by molar-refractivity contribution is 5.85. The van der Waals surface area contributed by atoms with Gasteiger partial charge in [0.25, 0.3) is 0 Å². The first kappa shape index (κ1) is 20.7. The van der Waals surface area contributed by atoms with Crippen molar-refractivity contribution in [3.05, 3.63) is 30.1 Å². The van der Waals surface area contributed by atoms with Gasteiger partial charge in [-0.1, -0.05) is 19.9 Å². The molecule has 0 aliphatic heterocycles. The molecule has 126 valence electrons. The number of rotatable bonds is 9. The molecule has 0 atom stereocenters. The molecule has 1 aromatic carbocycles. The van der Waals surface area contributed by atoms with Crippen LogP contribution in [0, 0.1) is 5.82 Å². The van der Waals surface area contributed by atoms with Crippen LogP contribution in [-0.4, -0.2) is 24.6 Å². The first-order chi connectivity index (χ1) is 10.0. The van der Waals surface area contributed by atoms with E-state index in [4.69, 9.17) is 10.5 Å². The van der Waals surface area contributed by atoms with Crippen molar-refractivity contribution in [1.29, 1.82) is 0 Å². The van der Waals surface area contributed by atoms with E-state index in [0.717, 1.165) is 12.8 Å². The van der Waals surface area contributed by atoms with E-state index in [1.54, 1.807) is 12.1 Å². The van der Waals surface area contributed by atoms with Gasteiger partial charge in [-0.15, -0.1) is 12.4 Å². The quantitative estimate of drug-likeness (QED) is 0.683. The van der Waals surface area contributed by atoms with Gasteiger partial charge in [0.15, 0.2) is 0 Å². The van der Waals surface area contributed by atoms with Crippen LogP contribution >= 0.6 is 12.4 Å². The molecule has 0 fully saturated rings. The minimum atomic E-state index is -0.330. The molecule has 4 nitrogen and oxygen atoms in total. The minimum Gasteiger partial charge on any atom is -0.493 e. The van der Waals surface area contributed by atoms with Crippen LogP contribution in [0.2, 0.25) is 0 Å². The maximum Gasteiger partial charge on any atom is 0.220 e. The number of hydrogen-bond donors (Lipinski definition) is 2. The molecule has 1 rings (SSSR count). The molecular weight excluding hydrogens is 307 g/mol. The molecule has 22 heavy (non-hydrogen) atoms. The molecule has 0 heterocycles. The zero-order valence-corrected chi connectivity index (χ0v) is 14.0. The van der Waals surface area contributed by atoms with Gasteiger partial charge in [0.2, 0.25) is 5.91 Å². The topological polar surface area (TPSA) is 64.3 Å². The number of nitrogens with one attached hydrogen (secondary N) is 1. The van der Waals surface area contributed by atoms with Crippen molar-refractivity contribution in [3.63, 3.8) is 0 Å². The standard InChI is InChI=1S/C16H25FN2O2.ClH/c1-3-16(4-2,12-18)19-15(20)9-6-10-21-14-8-5-7-13(17)11-14;/h5,7-8,11H,3-4,6,9-10,12,18H2,1-2H3,(H,19,20);1H. The normalized spacial score (nSPS) is 10.7. The fraction of sp³-hybridized carbons (Fsp3) is 0.562. The summed E-state index contributed by atoms with van der Waals surface area (Å²) in [6.07, 6.45) is 2.57. The summed E-state index contributed by atoms with van der Waals surface area (Å²) in [6.45, 7) is 4.85. The number of benzene rings is 1. The summed E-state index contributed by atoms with van der Waals surface area (Å²) < 4.78 is 18.4. The maximum atomic E-state index is 13.0. The second-order valence-corrected chi connectivity index (χ2v) is 5.15. The molecule has 6 heteroatoms. The van der Waals surface area contributed by atoms with E-state index < -0.39 is 0 Å². The third-order valence-electron chi connectivity index (χ3n) is 3.76. The van der Waals surface area contributed by atoms with Crippen molar-refractivity contribution >= 4 is 18.3 Å². The molecule has 3 N–H and O–H groups in total. The predicted molar refractivity (Wildman–Crippen MR) is 88.9 cm³/mol. The number of carbonyl (C=O) groups is 1. The Morgan fingerprint density at radius 1 is 1.36 bits per heavy atom. The van der Waals surface area contributed by atoms with Crippen LogP contribution in [0.1, 0.15) is 39.5 Å². The van der Waals surface area contributed by atoms with Crippen molar-refractivity contribution in [2.45, 2.75) is 45.1 Å². The van der Waals surface area contributed by atoms with E-state index in [1.165, 1.54) is 12.1 Å². The van der Waals surface area contributed by atoms with Gasteiger partial charge >= 0.3 is 0 Å². The first-order valence-corrected chi connectivity index (χ1v) is 7.44. The average molecular weight is 333 g/mol. The average Bonchev–Trinajstić information content (AvgIpc) is 2.49. The van der Waals surface area contributed by atoms with E-state index in [2.05, 4.69) is 5.32 Å². The Morgan fingerprint density at radius 3 is 2.59 bits per heavy atom. The zero-order valence-electron chi connectivity index (χ0n) is 13.2. The summed E-state index contributed by atoms with van der Waals surface area (Å²) >= 11 is 0. The summed E-state index contributed by atoms with van der Waals surface area (Å²) in [5.41, 5.74) is 5.44. The number of hydrogen-bond acceptors (Lipinski definition) is 3. The molecule has 0 saturated heterocycles. The Hall–Kier alpha value is -1.33. The largest absolute Gasteiger partial charge is 0.493 e. The molecule has 0 unspecified atom stereocenters. The van der Waals surface area contributed by atoms with Crippen LogP contribution in [0.3, 0.4) is 0 Å². The van der Waals surface area contributed by atoms with Gasteiger partial charge in [-0.05, 0) is 31.4 Å². The highest BCUT2D eigenvalue weighted by Crippen LogP contribution is 2.14. The molecular formula is C16H26ClFN2O2. The molecule has 0 saturated carbocycles. The maximum absolute atomic E-state index is 13.0. The molecule has 1 amide bonds. The van der Waals surface area contributed by atoms with Crippen molar-refractivity contribution in [3.8, 4) is 5.75 Å². The van der Waals surface area contributed by atoms with Crippen molar-refractivity contribution in [1.82, 2.24) is 5.32 Å². The highest BCUT2D eigenvalue weighted by atomic mass is 35.5. The van der Waals surface area contributed by atoms with E-state index in [1.807, 2.05) is 13.8 Å². The van der Waals surface area contributed by atoms with Gasteiger partial charge < -0.3 is 15.8 Å². The molecule has 0 bridgehead atoms. The third kappa shape index (κ3) is 6.62. The van der Waals surface area contributed by atoms with Crippen molar-refractivity contribution in [2.24, 2.45) is 5.73 Å². The summed E-state index contributed by atoms with van der Waals surface area (Å²) in [4.78, 5) is 11.9. The highest BCUT2D eigenvalue weighted by Gasteiger charge is 2.25.